The number of nitrogens with one attached hydrogen (secondary N) is 1. The normalized spacial score (nSPS) is 12.5. The van der Waals surface area contributed by atoms with Gasteiger partial charge in [-0.1, -0.05) is 18.2 Å². The molecule has 9 heteroatoms. The topological polar surface area (TPSA) is 82.6 Å². The SMILES string of the molecule is CC(c1ccc(ON(C(=N)N)C(=O)c2cccc(C(F)(F)F)c2)cc1)N(C)C. The minimum absolute atomic E-state index is 0.143. The quantitative estimate of drug-likeness (QED) is 0.461. The molecule has 0 spiro atoms. The molecule has 0 aliphatic carbocycles. The predicted molar refractivity (Wildman–Crippen MR) is 98.7 cm³/mol. The maximum Gasteiger partial charge on any atom is 0.416 e. The summed E-state index contributed by atoms with van der Waals surface area (Å²) in [7, 11) is 3.86. The van der Waals surface area contributed by atoms with E-state index in [1.165, 1.54) is 6.07 Å². The van der Waals surface area contributed by atoms with Gasteiger partial charge in [0, 0.05) is 11.6 Å². The van der Waals surface area contributed by atoms with Crippen molar-refractivity contribution in [2.75, 3.05) is 14.1 Å². The molecule has 0 aromatic heterocycles. The van der Waals surface area contributed by atoms with Gasteiger partial charge < -0.3 is 15.5 Å². The minimum Gasteiger partial charge on any atom is -0.369 e. The molecule has 0 aliphatic rings. The molecule has 1 unspecified atom stereocenters. The number of amides is 1. The van der Waals surface area contributed by atoms with Crippen LogP contribution >= 0.6 is 0 Å². The molecular weight excluding hydrogens is 373 g/mol. The zero-order valence-corrected chi connectivity index (χ0v) is 15.6. The van der Waals surface area contributed by atoms with Gasteiger partial charge in [-0.3, -0.25) is 10.2 Å². The Bertz CT molecular complexity index is 851. The van der Waals surface area contributed by atoms with E-state index < -0.39 is 23.6 Å². The van der Waals surface area contributed by atoms with Gasteiger partial charge >= 0.3 is 6.18 Å². The van der Waals surface area contributed by atoms with E-state index in [-0.39, 0.29) is 17.4 Å². The Morgan fingerprint density at radius 3 is 2.25 bits per heavy atom. The molecule has 0 bridgehead atoms. The fraction of sp³-hybridized carbons (Fsp3) is 0.263. The van der Waals surface area contributed by atoms with E-state index >= 15 is 0 Å². The molecule has 2 aromatic rings. The second-order valence-corrected chi connectivity index (χ2v) is 6.36. The molecular formula is C19H21F3N4O2. The van der Waals surface area contributed by atoms with Crippen LogP contribution in [0.4, 0.5) is 13.2 Å². The zero-order chi connectivity index (χ0) is 21.1. The van der Waals surface area contributed by atoms with Crippen LogP contribution in [-0.4, -0.2) is 35.9 Å². The number of guanidine groups is 1. The highest BCUT2D eigenvalue weighted by atomic mass is 19.4. The number of hydrogen-bond donors (Lipinski definition) is 2. The van der Waals surface area contributed by atoms with Gasteiger partial charge in [-0.05, 0) is 56.9 Å². The van der Waals surface area contributed by atoms with Crippen LogP contribution in [0.25, 0.3) is 0 Å². The molecule has 0 radical (unpaired) electrons. The number of alkyl halides is 3. The standard InChI is InChI=1S/C19H21F3N4O2/c1-12(25(2)3)13-7-9-16(10-8-13)28-26(18(23)24)17(27)14-5-4-6-15(11-14)19(20,21)22/h4-12H,1-3H3,(H3,23,24). The van der Waals surface area contributed by atoms with E-state index in [4.69, 9.17) is 16.0 Å². The number of hydrogen-bond acceptors (Lipinski definition) is 4. The van der Waals surface area contributed by atoms with Crippen molar-refractivity contribution in [1.29, 1.82) is 5.41 Å². The number of nitrogens with zero attached hydrogens (tertiary/aromatic N) is 2. The molecule has 0 aliphatic heterocycles. The van der Waals surface area contributed by atoms with Crippen molar-refractivity contribution in [3.05, 3.63) is 65.2 Å². The second kappa shape index (κ2) is 8.30. The Kier molecular flexibility index (Phi) is 6.30. The molecule has 3 N–H and O–H groups in total. The van der Waals surface area contributed by atoms with Gasteiger partial charge in [0.15, 0.2) is 5.75 Å². The van der Waals surface area contributed by atoms with Crippen LogP contribution in [-0.2, 0) is 6.18 Å². The first-order chi connectivity index (χ1) is 13.0. The predicted octanol–water partition coefficient (Wildman–Crippen LogP) is 3.66. The molecule has 2 aromatic carbocycles. The number of carbonyl (C=O) groups excluding carboxylic acids is 1. The van der Waals surface area contributed by atoms with Crippen LogP contribution in [0.15, 0.2) is 48.5 Å². The summed E-state index contributed by atoms with van der Waals surface area (Å²) in [4.78, 5) is 19.9. The summed E-state index contributed by atoms with van der Waals surface area (Å²) in [5.41, 5.74) is 5.11. The van der Waals surface area contributed by atoms with Crippen LogP contribution in [0.2, 0.25) is 0 Å². The number of halogens is 3. The molecule has 1 amide bonds. The second-order valence-electron chi connectivity index (χ2n) is 6.36. The van der Waals surface area contributed by atoms with Crippen molar-refractivity contribution < 1.29 is 22.8 Å². The van der Waals surface area contributed by atoms with Crippen molar-refractivity contribution in [2.24, 2.45) is 5.73 Å². The van der Waals surface area contributed by atoms with Crippen LogP contribution in [0.3, 0.4) is 0 Å². The first-order valence-corrected chi connectivity index (χ1v) is 8.31. The number of benzene rings is 2. The third kappa shape index (κ3) is 5.01. The number of carbonyl (C=O) groups is 1. The van der Waals surface area contributed by atoms with Crippen molar-refractivity contribution in [3.8, 4) is 5.75 Å². The number of nitrogens with two attached hydrogens (primary N) is 1. The van der Waals surface area contributed by atoms with Crippen molar-refractivity contribution >= 4 is 11.9 Å². The van der Waals surface area contributed by atoms with E-state index in [1.807, 2.05) is 25.9 Å². The van der Waals surface area contributed by atoms with Gasteiger partial charge in [0.05, 0.1) is 5.56 Å². The number of hydroxylamine groups is 2. The van der Waals surface area contributed by atoms with Gasteiger partial charge in [-0.25, -0.2) is 0 Å². The van der Waals surface area contributed by atoms with Crippen LogP contribution in [0.5, 0.6) is 5.75 Å². The Balaban J connectivity index is 2.24. The highest BCUT2D eigenvalue weighted by molar-refractivity contribution is 6.03. The molecule has 0 fully saturated rings. The summed E-state index contributed by atoms with van der Waals surface area (Å²) >= 11 is 0. The van der Waals surface area contributed by atoms with Gasteiger partial charge in [0.25, 0.3) is 5.91 Å². The first kappa shape index (κ1) is 21.2. The summed E-state index contributed by atoms with van der Waals surface area (Å²) < 4.78 is 38.6. The van der Waals surface area contributed by atoms with E-state index in [0.29, 0.717) is 11.1 Å². The fourth-order valence-corrected chi connectivity index (χ4v) is 2.36. The molecule has 2 rings (SSSR count). The lowest BCUT2D eigenvalue weighted by Gasteiger charge is -2.22. The Hall–Kier alpha value is -3.07. The Morgan fingerprint density at radius 1 is 1.14 bits per heavy atom. The fourth-order valence-electron chi connectivity index (χ4n) is 2.36. The largest absolute Gasteiger partial charge is 0.416 e. The lowest BCUT2D eigenvalue weighted by Crippen LogP contribution is -2.43. The maximum absolute atomic E-state index is 12.9. The molecule has 1 atom stereocenters. The average molecular weight is 394 g/mol. The summed E-state index contributed by atoms with van der Waals surface area (Å²) in [5.74, 6) is -1.53. The van der Waals surface area contributed by atoms with Crippen LogP contribution in [0.1, 0.15) is 34.5 Å². The highest BCUT2D eigenvalue weighted by Crippen LogP contribution is 2.30. The molecule has 150 valence electrons. The zero-order valence-electron chi connectivity index (χ0n) is 15.6. The molecule has 6 nitrogen and oxygen atoms in total. The molecule has 0 saturated carbocycles. The van der Waals surface area contributed by atoms with E-state index in [0.717, 1.165) is 17.7 Å². The first-order valence-electron chi connectivity index (χ1n) is 8.31. The molecule has 0 saturated heterocycles. The monoisotopic (exact) mass is 394 g/mol. The number of rotatable bonds is 5. The van der Waals surface area contributed by atoms with Gasteiger partial charge in [0.2, 0.25) is 5.96 Å². The summed E-state index contributed by atoms with van der Waals surface area (Å²) in [5, 5.41) is 8.00. The Labute approximate surface area is 160 Å². The van der Waals surface area contributed by atoms with Gasteiger partial charge in [-0.2, -0.15) is 13.2 Å². The molecule has 0 heterocycles. The summed E-state index contributed by atoms with van der Waals surface area (Å²) in [6, 6.07) is 10.7. The third-order valence-corrected chi connectivity index (χ3v) is 4.17. The lowest BCUT2D eigenvalue weighted by molar-refractivity contribution is -0.137. The van der Waals surface area contributed by atoms with Crippen molar-refractivity contribution in [2.45, 2.75) is 19.1 Å². The van der Waals surface area contributed by atoms with Crippen molar-refractivity contribution in [1.82, 2.24) is 9.96 Å². The maximum atomic E-state index is 12.9. The van der Waals surface area contributed by atoms with Crippen LogP contribution in [0, 0.1) is 5.41 Å². The van der Waals surface area contributed by atoms with E-state index in [2.05, 4.69) is 0 Å². The summed E-state index contributed by atoms with van der Waals surface area (Å²) in [6.45, 7) is 2.01. The average Bonchev–Trinajstić information content (AvgIpc) is 2.64. The highest BCUT2D eigenvalue weighted by Gasteiger charge is 2.32. The summed E-state index contributed by atoms with van der Waals surface area (Å²) in [6.07, 6.45) is -4.60. The Morgan fingerprint density at radius 2 is 1.75 bits per heavy atom. The minimum atomic E-state index is -4.60. The van der Waals surface area contributed by atoms with Crippen LogP contribution < -0.4 is 10.6 Å². The molecule has 28 heavy (non-hydrogen) atoms. The van der Waals surface area contributed by atoms with E-state index in [1.54, 1.807) is 24.3 Å². The lowest BCUT2D eigenvalue weighted by atomic mass is 10.1. The van der Waals surface area contributed by atoms with Gasteiger partial charge in [-0.15, -0.1) is 5.06 Å². The van der Waals surface area contributed by atoms with E-state index in [9.17, 15) is 18.0 Å². The van der Waals surface area contributed by atoms with Gasteiger partial charge in [0.1, 0.15) is 0 Å². The third-order valence-electron chi connectivity index (χ3n) is 4.17. The van der Waals surface area contributed by atoms with Crippen molar-refractivity contribution in [3.63, 3.8) is 0 Å². The smallest absolute Gasteiger partial charge is 0.369 e.